The Kier molecular flexibility index (Phi) is 3.34. The number of rotatable bonds is 3. The minimum atomic E-state index is -0.128. The monoisotopic (exact) mass is 309 g/mol. The van der Waals surface area contributed by atoms with Gasteiger partial charge in [-0.25, -0.2) is 4.98 Å². The molecule has 0 radical (unpaired) electrons. The molecule has 3 aromatic rings. The van der Waals surface area contributed by atoms with Crippen LogP contribution in [-0.4, -0.2) is 29.1 Å². The number of nitrogens with zero attached hydrogens (tertiary/aromatic N) is 1. The van der Waals surface area contributed by atoms with Gasteiger partial charge in [0.1, 0.15) is 13.2 Å². The summed E-state index contributed by atoms with van der Waals surface area (Å²) >= 11 is 0. The van der Waals surface area contributed by atoms with E-state index in [0.717, 1.165) is 28.1 Å². The van der Waals surface area contributed by atoms with Gasteiger partial charge in [-0.15, -0.1) is 0 Å². The Bertz CT molecular complexity index is 872. The summed E-state index contributed by atoms with van der Waals surface area (Å²) in [6, 6.07) is 11.1. The second kappa shape index (κ2) is 5.64. The van der Waals surface area contributed by atoms with Crippen molar-refractivity contribution in [3.8, 4) is 11.5 Å². The highest BCUT2D eigenvalue weighted by Gasteiger charge is 2.12. The Hall–Kier alpha value is -3.02. The summed E-state index contributed by atoms with van der Waals surface area (Å²) in [4.78, 5) is 19.4. The molecule has 6 heteroatoms. The van der Waals surface area contributed by atoms with E-state index in [9.17, 15) is 4.79 Å². The Morgan fingerprint density at radius 1 is 1.13 bits per heavy atom. The average Bonchev–Trinajstić information content (AvgIpc) is 3.07. The summed E-state index contributed by atoms with van der Waals surface area (Å²) in [7, 11) is 0. The summed E-state index contributed by atoms with van der Waals surface area (Å²) < 4.78 is 11.0. The Labute approximate surface area is 132 Å². The highest BCUT2D eigenvalue weighted by molar-refractivity contribution is 5.97. The summed E-state index contributed by atoms with van der Waals surface area (Å²) in [5.74, 6) is 1.34. The standard InChI is InChI=1S/C17H15N3O3/c21-17(12-2-3-13-14(8-12)20-10-19-13)18-9-11-1-4-15-16(7-11)23-6-5-22-15/h1-4,7-8,10H,5-6,9H2,(H,18,21)(H,19,20). The molecule has 0 spiro atoms. The number of carbonyl (C=O) groups excluding carboxylic acids is 1. The molecule has 2 N–H and O–H groups in total. The van der Waals surface area contributed by atoms with Gasteiger partial charge in [-0.05, 0) is 35.9 Å². The van der Waals surface area contributed by atoms with E-state index in [1.165, 1.54) is 0 Å². The van der Waals surface area contributed by atoms with E-state index in [1.807, 2.05) is 24.3 Å². The smallest absolute Gasteiger partial charge is 0.251 e. The number of benzene rings is 2. The number of H-pyrrole nitrogens is 1. The molecule has 116 valence electrons. The molecule has 1 aliphatic rings. The third-order valence-corrected chi connectivity index (χ3v) is 3.74. The molecule has 0 aliphatic carbocycles. The van der Waals surface area contributed by atoms with Gasteiger partial charge < -0.3 is 19.8 Å². The fourth-order valence-corrected chi connectivity index (χ4v) is 2.56. The van der Waals surface area contributed by atoms with Crippen LogP contribution in [0.4, 0.5) is 0 Å². The lowest BCUT2D eigenvalue weighted by atomic mass is 10.1. The van der Waals surface area contributed by atoms with Crippen molar-refractivity contribution >= 4 is 16.9 Å². The fraction of sp³-hybridized carbons (Fsp3) is 0.176. The molecule has 0 atom stereocenters. The van der Waals surface area contributed by atoms with E-state index in [2.05, 4.69) is 15.3 Å². The van der Waals surface area contributed by atoms with Crippen molar-refractivity contribution in [2.45, 2.75) is 6.54 Å². The molecule has 4 rings (SSSR count). The molecule has 0 bridgehead atoms. The molecule has 0 fully saturated rings. The number of ether oxygens (including phenoxy) is 2. The number of aromatic amines is 1. The molecule has 23 heavy (non-hydrogen) atoms. The van der Waals surface area contributed by atoms with Gasteiger partial charge in [0.15, 0.2) is 11.5 Å². The van der Waals surface area contributed by atoms with Gasteiger partial charge >= 0.3 is 0 Å². The maximum atomic E-state index is 12.3. The second-order valence-corrected chi connectivity index (χ2v) is 5.30. The lowest BCUT2D eigenvalue weighted by Crippen LogP contribution is -2.23. The van der Waals surface area contributed by atoms with Crippen LogP contribution in [0.2, 0.25) is 0 Å². The molecule has 1 amide bonds. The first-order chi connectivity index (χ1) is 11.3. The zero-order valence-electron chi connectivity index (χ0n) is 12.3. The lowest BCUT2D eigenvalue weighted by molar-refractivity contribution is 0.0951. The van der Waals surface area contributed by atoms with Gasteiger partial charge in [0.2, 0.25) is 0 Å². The predicted molar refractivity (Wildman–Crippen MR) is 84.7 cm³/mol. The predicted octanol–water partition coefficient (Wildman–Crippen LogP) is 2.26. The zero-order chi connectivity index (χ0) is 15.6. The van der Waals surface area contributed by atoms with Gasteiger partial charge in [-0.3, -0.25) is 4.79 Å². The lowest BCUT2D eigenvalue weighted by Gasteiger charge is -2.19. The number of fused-ring (bicyclic) bond motifs is 2. The largest absolute Gasteiger partial charge is 0.486 e. The zero-order valence-corrected chi connectivity index (χ0v) is 12.3. The van der Waals surface area contributed by atoms with Crippen LogP contribution in [0.15, 0.2) is 42.7 Å². The average molecular weight is 309 g/mol. The maximum absolute atomic E-state index is 12.3. The number of nitrogens with one attached hydrogen (secondary N) is 2. The third kappa shape index (κ3) is 2.70. The van der Waals surface area contributed by atoms with Crippen LogP contribution in [0.5, 0.6) is 11.5 Å². The van der Waals surface area contributed by atoms with Gasteiger partial charge in [0.25, 0.3) is 5.91 Å². The fourth-order valence-electron chi connectivity index (χ4n) is 2.56. The molecule has 1 aliphatic heterocycles. The van der Waals surface area contributed by atoms with Crippen LogP contribution in [0.1, 0.15) is 15.9 Å². The highest BCUT2D eigenvalue weighted by atomic mass is 16.6. The summed E-state index contributed by atoms with van der Waals surface area (Å²) in [6.07, 6.45) is 1.61. The number of aromatic nitrogens is 2. The van der Waals surface area contributed by atoms with Crippen molar-refractivity contribution in [3.63, 3.8) is 0 Å². The molecule has 6 nitrogen and oxygen atoms in total. The summed E-state index contributed by atoms with van der Waals surface area (Å²) in [6.45, 7) is 1.54. The third-order valence-electron chi connectivity index (χ3n) is 3.74. The van der Waals surface area contributed by atoms with E-state index in [1.54, 1.807) is 18.5 Å². The normalized spacial score (nSPS) is 13.0. The van der Waals surface area contributed by atoms with E-state index in [4.69, 9.17) is 9.47 Å². The minimum Gasteiger partial charge on any atom is -0.486 e. The van der Waals surface area contributed by atoms with Crippen molar-refractivity contribution in [2.24, 2.45) is 0 Å². The Morgan fingerprint density at radius 2 is 2.00 bits per heavy atom. The summed E-state index contributed by atoms with van der Waals surface area (Å²) in [5, 5.41) is 2.91. The SMILES string of the molecule is O=C(NCc1ccc2c(c1)OCCO2)c1ccc2nc[nH]c2c1. The van der Waals surface area contributed by atoms with Crippen LogP contribution >= 0.6 is 0 Å². The van der Waals surface area contributed by atoms with Crippen molar-refractivity contribution in [3.05, 3.63) is 53.9 Å². The van der Waals surface area contributed by atoms with Gasteiger partial charge in [-0.1, -0.05) is 6.07 Å². The van der Waals surface area contributed by atoms with Gasteiger partial charge in [-0.2, -0.15) is 0 Å². The number of hydrogen-bond acceptors (Lipinski definition) is 4. The van der Waals surface area contributed by atoms with Crippen LogP contribution in [0.25, 0.3) is 11.0 Å². The van der Waals surface area contributed by atoms with Crippen molar-refractivity contribution in [2.75, 3.05) is 13.2 Å². The molecule has 1 aromatic heterocycles. The maximum Gasteiger partial charge on any atom is 0.251 e. The molecular formula is C17H15N3O3. The van der Waals surface area contributed by atoms with E-state index < -0.39 is 0 Å². The molecule has 0 unspecified atom stereocenters. The van der Waals surface area contributed by atoms with Gasteiger partial charge in [0.05, 0.1) is 17.4 Å². The topological polar surface area (TPSA) is 76.2 Å². The van der Waals surface area contributed by atoms with E-state index in [-0.39, 0.29) is 5.91 Å². The second-order valence-electron chi connectivity index (χ2n) is 5.30. The highest BCUT2D eigenvalue weighted by Crippen LogP contribution is 2.30. The van der Waals surface area contributed by atoms with E-state index in [0.29, 0.717) is 25.3 Å². The molecule has 0 saturated carbocycles. The van der Waals surface area contributed by atoms with Gasteiger partial charge in [0, 0.05) is 12.1 Å². The number of imidazole rings is 1. The van der Waals surface area contributed by atoms with Crippen LogP contribution < -0.4 is 14.8 Å². The molecule has 0 saturated heterocycles. The summed E-state index contributed by atoms with van der Waals surface area (Å²) in [5.41, 5.74) is 3.25. The Morgan fingerprint density at radius 3 is 2.91 bits per heavy atom. The van der Waals surface area contributed by atoms with Crippen LogP contribution in [0.3, 0.4) is 0 Å². The number of amides is 1. The molecular weight excluding hydrogens is 294 g/mol. The minimum absolute atomic E-state index is 0.128. The number of carbonyl (C=O) groups is 1. The first-order valence-electron chi connectivity index (χ1n) is 7.39. The van der Waals surface area contributed by atoms with Crippen LogP contribution in [0, 0.1) is 0 Å². The van der Waals surface area contributed by atoms with E-state index >= 15 is 0 Å². The quantitative estimate of drug-likeness (QED) is 0.778. The first-order valence-corrected chi connectivity index (χ1v) is 7.39. The van der Waals surface area contributed by atoms with Crippen molar-refractivity contribution in [1.29, 1.82) is 0 Å². The number of hydrogen-bond donors (Lipinski definition) is 2. The van der Waals surface area contributed by atoms with Crippen LogP contribution in [-0.2, 0) is 6.54 Å². The molecule has 2 heterocycles. The Balaban J connectivity index is 1.46. The molecule has 2 aromatic carbocycles. The van der Waals surface area contributed by atoms with Crippen molar-refractivity contribution in [1.82, 2.24) is 15.3 Å². The van der Waals surface area contributed by atoms with Crippen molar-refractivity contribution < 1.29 is 14.3 Å². The first kappa shape index (κ1) is 13.6.